The molecule has 6 aromatic carbocycles. The fourth-order valence-corrected chi connectivity index (χ4v) is 6.92. The van der Waals surface area contributed by atoms with Crippen molar-refractivity contribution in [3.05, 3.63) is 181 Å². The van der Waals surface area contributed by atoms with Crippen molar-refractivity contribution in [3.63, 3.8) is 0 Å². The Morgan fingerprint density at radius 1 is 0.574 bits per heavy atom. The smallest absolute Gasteiger partial charge is 0.136 e. The first-order chi connectivity index (χ1) is 25.7. The second kappa shape index (κ2) is 15.4. The van der Waals surface area contributed by atoms with Crippen molar-refractivity contribution in [2.75, 3.05) is 0 Å². The number of fused-ring (bicyclic) bond motifs is 5. The average molecular weight is 877 g/mol. The Balaban J connectivity index is 0.000000184. The first kappa shape index (κ1) is 36.7. The van der Waals surface area contributed by atoms with Crippen LogP contribution < -0.4 is 0 Å². The Labute approximate surface area is 331 Å². The standard InChI is InChI=1S/C31H24NO.C19H16N.Ir/c1-31(2,3)22-16-17-32-27(19-22)21-9-6-8-20(18-21)23-11-7-12-25-24(23)14-15-29-30(25)26-10-4-5-13-28(26)33-29;1-14-8-10-17(11-9-14)19-12-18(15(2)13-20-19)16-6-4-3-5-7-16;/h4-8,10-19H,1-3H3;3-10,12-13H,1-2H3;/q2*-1;. The zero-order chi connectivity index (χ0) is 36.5. The molecule has 4 heteroatoms. The van der Waals surface area contributed by atoms with Crippen LogP contribution in [-0.4, -0.2) is 9.97 Å². The minimum Gasteiger partial charge on any atom is -0.456 e. The predicted molar refractivity (Wildman–Crippen MR) is 221 cm³/mol. The molecule has 1 radical (unpaired) electrons. The molecule has 0 aliphatic rings. The van der Waals surface area contributed by atoms with Crippen LogP contribution in [0.3, 0.4) is 0 Å². The van der Waals surface area contributed by atoms with E-state index in [4.69, 9.17) is 4.42 Å². The van der Waals surface area contributed by atoms with Gasteiger partial charge in [0.05, 0.1) is 0 Å². The molecule has 3 heterocycles. The minimum absolute atomic E-state index is 0. The van der Waals surface area contributed by atoms with Crippen molar-refractivity contribution in [2.45, 2.75) is 40.0 Å². The van der Waals surface area contributed by atoms with E-state index in [1.165, 1.54) is 49.5 Å². The fraction of sp³-hybridized carbons (Fsp3) is 0.120. The molecule has 0 saturated carbocycles. The molecule has 0 bridgehead atoms. The molecule has 0 N–H and O–H groups in total. The van der Waals surface area contributed by atoms with E-state index in [2.05, 4.69) is 166 Å². The normalized spacial score (nSPS) is 11.3. The minimum atomic E-state index is 0. The van der Waals surface area contributed by atoms with Gasteiger partial charge in [0.15, 0.2) is 0 Å². The molecule has 9 aromatic rings. The summed E-state index contributed by atoms with van der Waals surface area (Å²) in [5.41, 5.74) is 14.3. The number of nitrogens with zero attached hydrogens (tertiary/aromatic N) is 2. The molecule has 3 nitrogen and oxygen atoms in total. The third-order valence-electron chi connectivity index (χ3n) is 9.85. The number of furan rings is 1. The fourth-order valence-electron chi connectivity index (χ4n) is 6.92. The topological polar surface area (TPSA) is 38.9 Å². The molecule has 0 spiro atoms. The van der Waals surface area contributed by atoms with Crippen molar-refractivity contribution < 1.29 is 24.5 Å². The molecule has 3 aromatic heterocycles. The van der Waals surface area contributed by atoms with E-state index in [0.29, 0.717) is 0 Å². The number of pyridine rings is 2. The Bertz CT molecular complexity index is 2720. The maximum absolute atomic E-state index is 6.11. The van der Waals surface area contributed by atoms with E-state index in [1.807, 2.05) is 42.7 Å². The van der Waals surface area contributed by atoms with Gasteiger partial charge in [-0.05, 0) is 80.5 Å². The van der Waals surface area contributed by atoms with Crippen LogP contribution in [0.5, 0.6) is 0 Å². The number of hydrogen-bond donors (Lipinski definition) is 0. The molecule has 0 atom stereocenters. The van der Waals surface area contributed by atoms with Gasteiger partial charge in [0.25, 0.3) is 0 Å². The van der Waals surface area contributed by atoms with Gasteiger partial charge in [-0.15, -0.1) is 70.8 Å². The SMILES string of the molecule is CC(C)(C)c1ccnc(-c2[c-]ccc(-c3cccc4c3ccc3oc5ccccc5c34)c2)c1.Cc1c[c-]c(-c2cc(-c3ccccc3)c(C)cn2)cc1.[Ir]. The summed E-state index contributed by atoms with van der Waals surface area (Å²) < 4.78 is 6.11. The first-order valence-corrected chi connectivity index (χ1v) is 18.1. The third kappa shape index (κ3) is 7.41. The second-order valence-electron chi connectivity index (χ2n) is 14.6. The average Bonchev–Trinajstić information content (AvgIpc) is 3.58. The number of para-hydroxylation sites is 1. The molecular formula is C50H40IrN2O-2. The van der Waals surface area contributed by atoms with Gasteiger partial charge in [0.1, 0.15) is 11.2 Å². The molecule has 0 fully saturated rings. The van der Waals surface area contributed by atoms with E-state index in [0.717, 1.165) is 44.6 Å². The van der Waals surface area contributed by atoms with Gasteiger partial charge in [0, 0.05) is 43.3 Å². The zero-order valence-corrected chi connectivity index (χ0v) is 33.5. The summed E-state index contributed by atoms with van der Waals surface area (Å²) in [6.07, 6.45) is 3.83. The third-order valence-corrected chi connectivity index (χ3v) is 9.85. The summed E-state index contributed by atoms with van der Waals surface area (Å²) in [7, 11) is 0. The molecule has 0 aliphatic heterocycles. The van der Waals surface area contributed by atoms with Crippen LogP contribution in [-0.2, 0) is 25.5 Å². The van der Waals surface area contributed by atoms with Gasteiger partial charge < -0.3 is 14.4 Å². The number of hydrogen-bond acceptors (Lipinski definition) is 3. The van der Waals surface area contributed by atoms with Crippen LogP contribution in [0.4, 0.5) is 0 Å². The molecule has 54 heavy (non-hydrogen) atoms. The molecule has 0 aliphatic carbocycles. The monoisotopic (exact) mass is 877 g/mol. The van der Waals surface area contributed by atoms with Gasteiger partial charge in [0.2, 0.25) is 0 Å². The molecule has 267 valence electrons. The van der Waals surface area contributed by atoms with Crippen LogP contribution in [0.25, 0.3) is 77.5 Å². The Morgan fingerprint density at radius 3 is 2.15 bits per heavy atom. The van der Waals surface area contributed by atoms with Crippen LogP contribution in [0.15, 0.2) is 156 Å². The molecular weight excluding hydrogens is 837 g/mol. The van der Waals surface area contributed by atoms with Crippen molar-refractivity contribution >= 4 is 32.7 Å². The Hall–Kier alpha value is -5.67. The predicted octanol–water partition coefficient (Wildman–Crippen LogP) is 13.4. The van der Waals surface area contributed by atoms with E-state index < -0.39 is 0 Å². The summed E-state index contributed by atoms with van der Waals surface area (Å²) >= 11 is 0. The van der Waals surface area contributed by atoms with Crippen molar-refractivity contribution in [1.29, 1.82) is 0 Å². The maximum atomic E-state index is 6.11. The van der Waals surface area contributed by atoms with Crippen molar-refractivity contribution in [2.24, 2.45) is 0 Å². The number of aryl methyl sites for hydroxylation is 2. The summed E-state index contributed by atoms with van der Waals surface area (Å²) in [5, 5.41) is 4.75. The summed E-state index contributed by atoms with van der Waals surface area (Å²) in [5.74, 6) is 0. The maximum Gasteiger partial charge on any atom is 0.136 e. The Morgan fingerprint density at radius 2 is 1.35 bits per heavy atom. The molecule has 0 saturated heterocycles. The summed E-state index contributed by atoms with van der Waals surface area (Å²) in [6, 6.07) is 55.0. The van der Waals surface area contributed by atoms with Crippen molar-refractivity contribution in [3.8, 4) is 44.8 Å². The Kier molecular flexibility index (Phi) is 10.4. The van der Waals surface area contributed by atoms with Crippen LogP contribution in [0, 0.1) is 26.0 Å². The number of aromatic nitrogens is 2. The van der Waals surface area contributed by atoms with Crippen LogP contribution in [0.1, 0.15) is 37.5 Å². The van der Waals surface area contributed by atoms with Gasteiger partial charge in [-0.3, -0.25) is 0 Å². The van der Waals surface area contributed by atoms with Crippen LogP contribution in [0.2, 0.25) is 0 Å². The summed E-state index contributed by atoms with van der Waals surface area (Å²) in [4.78, 5) is 9.18. The summed E-state index contributed by atoms with van der Waals surface area (Å²) in [6.45, 7) is 10.8. The number of benzene rings is 6. The molecule has 0 unspecified atom stereocenters. The first-order valence-electron chi connectivity index (χ1n) is 18.1. The van der Waals surface area contributed by atoms with Gasteiger partial charge in [-0.1, -0.05) is 113 Å². The zero-order valence-electron chi connectivity index (χ0n) is 31.1. The van der Waals surface area contributed by atoms with Crippen LogP contribution >= 0.6 is 0 Å². The van der Waals surface area contributed by atoms with E-state index in [-0.39, 0.29) is 25.5 Å². The molecule has 0 amide bonds. The number of rotatable bonds is 4. The molecule has 9 rings (SSSR count). The largest absolute Gasteiger partial charge is 0.456 e. The van der Waals surface area contributed by atoms with E-state index in [1.54, 1.807) is 0 Å². The second-order valence-corrected chi connectivity index (χ2v) is 14.6. The van der Waals surface area contributed by atoms with Crippen molar-refractivity contribution in [1.82, 2.24) is 9.97 Å². The van der Waals surface area contributed by atoms with Gasteiger partial charge in [-0.25, -0.2) is 0 Å². The van der Waals surface area contributed by atoms with Gasteiger partial charge >= 0.3 is 0 Å². The quantitative estimate of drug-likeness (QED) is 0.165. The van der Waals surface area contributed by atoms with Gasteiger partial charge in [-0.2, -0.15) is 0 Å². The van der Waals surface area contributed by atoms with E-state index >= 15 is 0 Å². The van der Waals surface area contributed by atoms with E-state index in [9.17, 15) is 0 Å².